The first-order chi connectivity index (χ1) is 7.94. The summed E-state index contributed by atoms with van der Waals surface area (Å²) in [5, 5.41) is 0. The molecule has 0 bridgehead atoms. The molecule has 2 rings (SSSR count). The minimum Gasteiger partial charge on any atom is -0.379 e. The SMILES string of the molecule is CC1(C(N)=O)CCN(C(=O)C2COCC2N)C1. The number of amides is 2. The van der Waals surface area contributed by atoms with Crippen LogP contribution in [0.15, 0.2) is 0 Å². The summed E-state index contributed by atoms with van der Waals surface area (Å²) in [4.78, 5) is 25.2. The van der Waals surface area contributed by atoms with Crippen molar-refractivity contribution in [2.24, 2.45) is 22.8 Å². The molecule has 2 saturated heterocycles. The second-order valence-corrected chi connectivity index (χ2v) is 5.24. The van der Waals surface area contributed by atoms with Gasteiger partial charge in [-0.15, -0.1) is 0 Å². The molecule has 2 amide bonds. The molecule has 2 fully saturated rings. The van der Waals surface area contributed by atoms with Crippen LogP contribution in [0.4, 0.5) is 0 Å². The van der Waals surface area contributed by atoms with Crippen molar-refractivity contribution in [1.82, 2.24) is 4.90 Å². The van der Waals surface area contributed by atoms with Crippen molar-refractivity contribution in [2.45, 2.75) is 19.4 Å². The van der Waals surface area contributed by atoms with Crippen LogP contribution in [0.1, 0.15) is 13.3 Å². The highest BCUT2D eigenvalue weighted by Crippen LogP contribution is 2.31. The molecule has 3 unspecified atom stereocenters. The maximum Gasteiger partial charge on any atom is 0.229 e. The Morgan fingerprint density at radius 1 is 1.41 bits per heavy atom. The number of rotatable bonds is 2. The third kappa shape index (κ3) is 2.14. The normalized spacial score (nSPS) is 37.4. The van der Waals surface area contributed by atoms with Crippen LogP contribution in [-0.2, 0) is 14.3 Å². The highest BCUT2D eigenvalue weighted by Gasteiger charge is 2.43. The summed E-state index contributed by atoms with van der Waals surface area (Å²) in [7, 11) is 0. The number of nitrogens with zero attached hydrogens (tertiary/aromatic N) is 1. The van der Waals surface area contributed by atoms with Gasteiger partial charge >= 0.3 is 0 Å². The molecule has 0 radical (unpaired) electrons. The van der Waals surface area contributed by atoms with E-state index in [2.05, 4.69) is 0 Å². The molecule has 2 heterocycles. The van der Waals surface area contributed by atoms with Gasteiger partial charge in [-0.1, -0.05) is 0 Å². The van der Waals surface area contributed by atoms with Crippen LogP contribution in [0.2, 0.25) is 0 Å². The summed E-state index contributed by atoms with van der Waals surface area (Å²) in [6.45, 7) is 3.57. The lowest BCUT2D eigenvalue weighted by Gasteiger charge is -2.24. The molecule has 0 aromatic carbocycles. The van der Waals surface area contributed by atoms with Crippen LogP contribution in [0.25, 0.3) is 0 Å². The van der Waals surface area contributed by atoms with E-state index in [9.17, 15) is 9.59 Å². The topological polar surface area (TPSA) is 98.7 Å². The summed E-state index contributed by atoms with van der Waals surface area (Å²) in [6, 6.07) is -0.233. The van der Waals surface area contributed by atoms with E-state index < -0.39 is 5.41 Å². The maximum atomic E-state index is 12.2. The van der Waals surface area contributed by atoms with Crippen molar-refractivity contribution < 1.29 is 14.3 Å². The van der Waals surface area contributed by atoms with Gasteiger partial charge < -0.3 is 21.1 Å². The smallest absolute Gasteiger partial charge is 0.229 e. The fraction of sp³-hybridized carbons (Fsp3) is 0.818. The Bertz CT molecular complexity index is 347. The third-order valence-electron chi connectivity index (χ3n) is 3.82. The van der Waals surface area contributed by atoms with Crippen molar-refractivity contribution in [3.8, 4) is 0 Å². The molecule has 0 aromatic heterocycles. The molecule has 0 aromatic rings. The monoisotopic (exact) mass is 241 g/mol. The number of primary amides is 1. The van der Waals surface area contributed by atoms with Crippen LogP contribution in [-0.4, -0.2) is 49.1 Å². The highest BCUT2D eigenvalue weighted by atomic mass is 16.5. The van der Waals surface area contributed by atoms with E-state index in [0.717, 1.165) is 0 Å². The van der Waals surface area contributed by atoms with Gasteiger partial charge in [0.15, 0.2) is 0 Å². The molecule has 2 aliphatic heterocycles. The molecule has 6 nitrogen and oxygen atoms in total. The van der Waals surface area contributed by atoms with Gasteiger partial charge in [0.2, 0.25) is 11.8 Å². The first-order valence-corrected chi connectivity index (χ1v) is 5.86. The first kappa shape index (κ1) is 12.3. The van der Waals surface area contributed by atoms with Crippen LogP contribution < -0.4 is 11.5 Å². The Labute approximate surface area is 100 Å². The fourth-order valence-corrected chi connectivity index (χ4v) is 2.41. The van der Waals surface area contributed by atoms with Gasteiger partial charge in [-0.25, -0.2) is 0 Å². The van der Waals surface area contributed by atoms with E-state index in [4.69, 9.17) is 16.2 Å². The zero-order chi connectivity index (χ0) is 12.6. The Balaban J connectivity index is 2.01. The molecule has 0 spiro atoms. The van der Waals surface area contributed by atoms with Gasteiger partial charge in [-0.05, 0) is 13.3 Å². The number of carbonyl (C=O) groups is 2. The lowest BCUT2D eigenvalue weighted by atomic mass is 9.89. The molecule has 96 valence electrons. The first-order valence-electron chi connectivity index (χ1n) is 5.86. The number of hydrogen-bond acceptors (Lipinski definition) is 4. The number of nitrogens with two attached hydrogens (primary N) is 2. The number of carbonyl (C=O) groups excluding carboxylic acids is 2. The second kappa shape index (κ2) is 4.27. The lowest BCUT2D eigenvalue weighted by Crippen LogP contribution is -2.44. The molecule has 6 heteroatoms. The average molecular weight is 241 g/mol. The Morgan fingerprint density at radius 2 is 2.12 bits per heavy atom. The average Bonchev–Trinajstić information content (AvgIpc) is 2.85. The van der Waals surface area contributed by atoms with Gasteiger partial charge in [-0.3, -0.25) is 9.59 Å². The van der Waals surface area contributed by atoms with Crippen LogP contribution in [0.5, 0.6) is 0 Å². The predicted octanol–water partition coefficient (Wildman–Crippen LogP) is -1.32. The molecular formula is C11H19N3O3. The standard InChI is InChI=1S/C11H19N3O3/c1-11(10(13)16)2-3-14(6-11)9(15)7-4-17-5-8(7)12/h7-8H,2-6,12H2,1H3,(H2,13,16). The number of ether oxygens (including phenoxy) is 1. The van der Waals surface area contributed by atoms with Crippen LogP contribution in [0, 0.1) is 11.3 Å². The van der Waals surface area contributed by atoms with E-state index in [1.165, 1.54) is 0 Å². The summed E-state index contributed by atoms with van der Waals surface area (Å²) >= 11 is 0. The van der Waals surface area contributed by atoms with Gasteiger partial charge in [-0.2, -0.15) is 0 Å². The minimum absolute atomic E-state index is 0.0139. The summed E-state index contributed by atoms with van der Waals surface area (Å²) in [6.07, 6.45) is 0.622. The lowest BCUT2D eigenvalue weighted by molar-refractivity contribution is -0.135. The minimum atomic E-state index is -0.598. The van der Waals surface area contributed by atoms with Crippen molar-refractivity contribution >= 4 is 11.8 Å². The van der Waals surface area contributed by atoms with Crippen LogP contribution >= 0.6 is 0 Å². The zero-order valence-electron chi connectivity index (χ0n) is 10.0. The summed E-state index contributed by atoms with van der Waals surface area (Å²) in [5.41, 5.74) is 10.6. The predicted molar refractivity (Wildman–Crippen MR) is 60.8 cm³/mol. The molecule has 3 atom stereocenters. The van der Waals surface area contributed by atoms with Crippen molar-refractivity contribution in [3.63, 3.8) is 0 Å². The maximum absolute atomic E-state index is 12.2. The molecular weight excluding hydrogens is 222 g/mol. The van der Waals surface area contributed by atoms with E-state index in [1.807, 2.05) is 0 Å². The van der Waals surface area contributed by atoms with E-state index in [0.29, 0.717) is 32.7 Å². The number of likely N-dealkylation sites (tertiary alicyclic amines) is 1. The summed E-state index contributed by atoms with van der Waals surface area (Å²) < 4.78 is 5.19. The van der Waals surface area contributed by atoms with Crippen molar-refractivity contribution in [3.05, 3.63) is 0 Å². The molecule has 17 heavy (non-hydrogen) atoms. The van der Waals surface area contributed by atoms with Gasteiger partial charge in [0.25, 0.3) is 0 Å². The zero-order valence-corrected chi connectivity index (χ0v) is 10.0. The molecule has 4 N–H and O–H groups in total. The van der Waals surface area contributed by atoms with Crippen molar-refractivity contribution in [2.75, 3.05) is 26.3 Å². The Morgan fingerprint density at radius 3 is 2.59 bits per heavy atom. The largest absolute Gasteiger partial charge is 0.379 e. The highest BCUT2D eigenvalue weighted by molar-refractivity contribution is 5.85. The molecule has 0 aliphatic carbocycles. The van der Waals surface area contributed by atoms with E-state index in [-0.39, 0.29) is 23.8 Å². The van der Waals surface area contributed by atoms with Gasteiger partial charge in [0, 0.05) is 19.1 Å². The van der Waals surface area contributed by atoms with Gasteiger partial charge in [0.05, 0.1) is 24.5 Å². The number of hydrogen-bond donors (Lipinski definition) is 2. The van der Waals surface area contributed by atoms with E-state index >= 15 is 0 Å². The van der Waals surface area contributed by atoms with Crippen LogP contribution in [0.3, 0.4) is 0 Å². The third-order valence-corrected chi connectivity index (χ3v) is 3.82. The van der Waals surface area contributed by atoms with E-state index in [1.54, 1.807) is 11.8 Å². The molecule has 2 aliphatic rings. The van der Waals surface area contributed by atoms with Crippen molar-refractivity contribution in [1.29, 1.82) is 0 Å². The van der Waals surface area contributed by atoms with Gasteiger partial charge in [0.1, 0.15) is 0 Å². The quantitative estimate of drug-likeness (QED) is 0.626. The summed E-state index contributed by atoms with van der Waals surface area (Å²) in [5.74, 6) is -0.634. The second-order valence-electron chi connectivity index (χ2n) is 5.24. The molecule has 0 saturated carbocycles. The fourth-order valence-electron chi connectivity index (χ4n) is 2.41. The Kier molecular flexibility index (Phi) is 3.09. The Hall–Kier alpha value is -1.14.